The number of likely N-dealkylation sites (N-methyl/N-ethyl adjacent to an activating group) is 1. The summed E-state index contributed by atoms with van der Waals surface area (Å²) in [4.78, 5) is 11.1. The van der Waals surface area contributed by atoms with Crippen LogP contribution in [0.3, 0.4) is 0 Å². The molecular weight excluding hydrogens is 226 g/mol. The van der Waals surface area contributed by atoms with Crippen molar-refractivity contribution in [1.82, 2.24) is 15.3 Å². The minimum Gasteiger partial charge on any atom is -0.355 e. The van der Waals surface area contributed by atoms with Gasteiger partial charge in [0.05, 0.1) is 0 Å². The second-order valence-corrected chi connectivity index (χ2v) is 5.23. The molecule has 1 aliphatic rings. The number of anilines is 2. The van der Waals surface area contributed by atoms with Gasteiger partial charge in [0.1, 0.15) is 5.82 Å². The van der Waals surface area contributed by atoms with E-state index >= 15 is 0 Å². The molecule has 1 atom stereocenters. The van der Waals surface area contributed by atoms with Gasteiger partial charge in [-0.2, -0.15) is 4.98 Å². The molecule has 2 rings (SSSR count). The third kappa shape index (κ3) is 3.32. The van der Waals surface area contributed by atoms with Crippen molar-refractivity contribution < 1.29 is 0 Å². The molecular formula is C13H23N5. The lowest BCUT2D eigenvalue weighted by Gasteiger charge is -2.18. The Bertz CT molecular complexity index is 379. The van der Waals surface area contributed by atoms with Crippen molar-refractivity contribution in [1.29, 1.82) is 0 Å². The lowest BCUT2D eigenvalue weighted by atomic mass is 10.2. The van der Waals surface area contributed by atoms with Crippen LogP contribution in [0.1, 0.15) is 20.3 Å². The van der Waals surface area contributed by atoms with E-state index in [9.17, 15) is 0 Å². The van der Waals surface area contributed by atoms with Gasteiger partial charge in [-0.1, -0.05) is 13.8 Å². The number of hydrogen-bond donors (Lipinski definition) is 2. The highest BCUT2D eigenvalue weighted by Crippen LogP contribution is 2.18. The van der Waals surface area contributed by atoms with Crippen molar-refractivity contribution in [3.63, 3.8) is 0 Å². The van der Waals surface area contributed by atoms with Crippen molar-refractivity contribution in [2.75, 3.05) is 36.9 Å². The molecule has 2 heterocycles. The Morgan fingerprint density at radius 1 is 1.50 bits per heavy atom. The highest BCUT2D eigenvalue weighted by atomic mass is 15.3. The predicted molar refractivity (Wildman–Crippen MR) is 75.0 cm³/mol. The smallest absolute Gasteiger partial charge is 0.224 e. The van der Waals surface area contributed by atoms with Gasteiger partial charge in [0.25, 0.3) is 0 Å². The summed E-state index contributed by atoms with van der Waals surface area (Å²) in [5.74, 6) is 2.35. The fourth-order valence-electron chi connectivity index (χ4n) is 2.11. The lowest BCUT2D eigenvalue weighted by molar-refractivity contribution is 0.616. The molecule has 100 valence electrons. The minimum absolute atomic E-state index is 0.576. The van der Waals surface area contributed by atoms with E-state index in [-0.39, 0.29) is 0 Å². The van der Waals surface area contributed by atoms with Crippen molar-refractivity contribution in [3.8, 4) is 0 Å². The van der Waals surface area contributed by atoms with Gasteiger partial charge in [-0.25, -0.2) is 4.98 Å². The maximum atomic E-state index is 4.57. The van der Waals surface area contributed by atoms with Gasteiger partial charge in [0, 0.05) is 31.9 Å². The number of aromatic nitrogens is 2. The molecule has 1 saturated heterocycles. The molecule has 5 heteroatoms. The van der Waals surface area contributed by atoms with E-state index in [4.69, 9.17) is 0 Å². The van der Waals surface area contributed by atoms with Crippen molar-refractivity contribution in [2.45, 2.75) is 26.3 Å². The topological polar surface area (TPSA) is 53.1 Å². The SMILES string of the molecule is CN[C@@H]1CCN(c2ccnc(NCC(C)C)n2)C1. The van der Waals surface area contributed by atoms with Crippen LogP contribution in [0, 0.1) is 5.92 Å². The van der Waals surface area contributed by atoms with Gasteiger partial charge < -0.3 is 15.5 Å². The fraction of sp³-hybridized carbons (Fsp3) is 0.692. The molecule has 1 aliphatic heterocycles. The zero-order valence-electron chi connectivity index (χ0n) is 11.5. The van der Waals surface area contributed by atoms with E-state index in [0.717, 1.165) is 31.4 Å². The largest absolute Gasteiger partial charge is 0.355 e. The summed E-state index contributed by atoms with van der Waals surface area (Å²) in [5.41, 5.74) is 0. The van der Waals surface area contributed by atoms with Gasteiger partial charge in [-0.15, -0.1) is 0 Å². The Morgan fingerprint density at radius 2 is 2.33 bits per heavy atom. The fourth-order valence-corrected chi connectivity index (χ4v) is 2.11. The normalized spacial score (nSPS) is 19.6. The Labute approximate surface area is 109 Å². The first kappa shape index (κ1) is 13.1. The molecule has 18 heavy (non-hydrogen) atoms. The maximum absolute atomic E-state index is 4.57. The van der Waals surface area contributed by atoms with E-state index in [1.54, 1.807) is 0 Å². The molecule has 1 aromatic heterocycles. The second kappa shape index (κ2) is 6.00. The van der Waals surface area contributed by atoms with Crippen LogP contribution in [0.15, 0.2) is 12.3 Å². The molecule has 0 amide bonds. The summed E-state index contributed by atoms with van der Waals surface area (Å²) >= 11 is 0. The third-order valence-corrected chi connectivity index (χ3v) is 3.23. The molecule has 0 saturated carbocycles. The van der Waals surface area contributed by atoms with Crippen molar-refractivity contribution in [2.24, 2.45) is 5.92 Å². The highest BCUT2D eigenvalue weighted by molar-refractivity contribution is 5.43. The Kier molecular flexibility index (Phi) is 4.36. The van der Waals surface area contributed by atoms with Gasteiger partial charge in [-0.05, 0) is 25.5 Å². The standard InChI is InChI=1S/C13H23N5/c1-10(2)8-16-13-15-6-4-12(17-13)18-7-5-11(9-18)14-3/h4,6,10-11,14H,5,7-9H2,1-3H3,(H,15,16,17)/t11-/m1/s1. The molecule has 0 bridgehead atoms. The zero-order chi connectivity index (χ0) is 13.0. The molecule has 1 fully saturated rings. The number of nitrogens with zero attached hydrogens (tertiary/aromatic N) is 3. The summed E-state index contributed by atoms with van der Waals surface area (Å²) < 4.78 is 0. The highest BCUT2D eigenvalue weighted by Gasteiger charge is 2.22. The molecule has 0 aliphatic carbocycles. The van der Waals surface area contributed by atoms with Crippen LogP contribution in [-0.2, 0) is 0 Å². The van der Waals surface area contributed by atoms with Crippen molar-refractivity contribution >= 4 is 11.8 Å². The molecule has 5 nitrogen and oxygen atoms in total. The maximum Gasteiger partial charge on any atom is 0.224 e. The average Bonchev–Trinajstić information content (AvgIpc) is 2.85. The third-order valence-electron chi connectivity index (χ3n) is 3.23. The van der Waals surface area contributed by atoms with Crippen LogP contribution in [0.2, 0.25) is 0 Å². The van der Waals surface area contributed by atoms with Crippen LogP contribution in [-0.4, -0.2) is 42.7 Å². The van der Waals surface area contributed by atoms with Crippen LogP contribution >= 0.6 is 0 Å². The number of hydrogen-bond acceptors (Lipinski definition) is 5. The molecule has 0 unspecified atom stereocenters. The van der Waals surface area contributed by atoms with E-state index in [1.165, 1.54) is 6.42 Å². The predicted octanol–water partition coefficient (Wildman–Crippen LogP) is 1.34. The van der Waals surface area contributed by atoms with E-state index in [2.05, 4.69) is 39.3 Å². The van der Waals surface area contributed by atoms with Gasteiger partial charge in [0.15, 0.2) is 0 Å². The summed E-state index contributed by atoms with van der Waals surface area (Å²) in [6.45, 7) is 7.34. The Balaban J connectivity index is 1.99. The summed E-state index contributed by atoms with van der Waals surface area (Å²) in [6.07, 6.45) is 3.01. The minimum atomic E-state index is 0.576. The molecule has 2 N–H and O–H groups in total. The lowest BCUT2D eigenvalue weighted by Crippen LogP contribution is -2.30. The van der Waals surface area contributed by atoms with Crippen LogP contribution < -0.4 is 15.5 Å². The Morgan fingerprint density at radius 3 is 3.00 bits per heavy atom. The molecule has 0 aromatic carbocycles. The van der Waals surface area contributed by atoms with Crippen LogP contribution in [0.5, 0.6) is 0 Å². The monoisotopic (exact) mass is 249 g/mol. The molecule has 1 aromatic rings. The summed E-state index contributed by atoms with van der Waals surface area (Å²) in [5, 5.41) is 6.59. The first-order chi connectivity index (χ1) is 8.69. The number of rotatable bonds is 5. The zero-order valence-corrected chi connectivity index (χ0v) is 11.5. The van der Waals surface area contributed by atoms with Crippen LogP contribution in [0.4, 0.5) is 11.8 Å². The van der Waals surface area contributed by atoms with E-state index < -0.39 is 0 Å². The quantitative estimate of drug-likeness (QED) is 0.825. The first-order valence-corrected chi connectivity index (χ1v) is 6.68. The molecule has 0 radical (unpaired) electrons. The van der Waals surface area contributed by atoms with Crippen LogP contribution in [0.25, 0.3) is 0 Å². The van der Waals surface area contributed by atoms with Gasteiger partial charge in [0.2, 0.25) is 5.95 Å². The van der Waals surface area contributed by atoms with E-state index in [0.29, 0.717) is 12.0 Å². The summed E-state index contributed by atoms with van der Waals surface area (Å²) in [7, 11) is 2.02. The molecule has 0 spiro atoms. The van der Waals surface area contributed by atoms with Crippen molar-refractivity contribution in [3.05, 3.63) is 12.3 Å². The van der Waals surface area contributed by atoms with E-state index in [1.807, 2.05) is 19.3 Å². The first-order valence-electron chi connectivity index (χ1n) is 6.68. The average molecular weight is 249 g/mol. The van der Waals surface area contributed by atoms with Gasteiger partial charge >= 0.3 is 0 Å². The number of nitrogens with one attached hydrogen (secondary N) is 2. The van der Waals surface area contributed by atoms with Gasteiger partial charge in [-0.3, -0.25) is 0 Å². The Hall–Kier alpha value is -1.36. The second-order valence-electron chi connectivity index (χ2n) is 5.23. The summed E-state index contributed by atoms with van der Waals surface area (Å²) in [6, 6.07) is 2.56.